The van der Waals surface area contributed by atoms with Crippen LogP contribution in [0.5, 0.6) is 0 Å². The van der Waals surface area contributed by atoms with E-state index in [2.05, 4.69) is 10.1 Å². The van der Waals surface area contributed by atoms with Gasteiger partial charge in [-0.3, -0.25) is 9.59 Å². The summed E-state index contributed by atoms with van der Waals surface area (Å²) in [5, 5.41) is 3.22. The van der Waals surface area contributed by atoms with E-state index in [1.165, 1.54) is 14.0 Å². The highest BCUT2D eigenvalue weighted by Crippen LogP contribution is 2.11. The van der Waals surface area contributed by atoms with Gasteiger partial charge in [-0.1, -0.05) is 0 Å². The van der Waals surface area contributed by atoms with Crippen LogP contribution in [0.2, 0.25) is 0 Å². The predicted octanol–water partition coefficient (Wildman–Crippen LogP) is 0.182. The summed E-state index contributed by atoms with van der Waals surface area (Å²) < 4.78 is 4.57. The standard InChI is InChI=1S/C10H18N2O3.ClH/c1-8(13)12(7-10(14)15-2)9-3-5-11-6-4-9;/h9,11H,3-7H2,1-2H3;1H. The average molecular weight is 251 g/mol. The Morgan fingerprint density at radius 1 is 1.38 bits per heavy atom. The first-order valence-electron chi connectivity index (χ1n) is 5.20. The molecule has 1 heterocycles. The normalized spacial score (nSPS) is 16.1. The van der Waals surface area contributed by atoms with Gasteiger partial charge in [0.2, 0.25) is 5.91 Å². The maximum absolute atomic E-state index is 11.4. The summed E-state index contributed by atoms with van der Waals surface area (Å²) in [6.45, 7) is 3.35. The molecule has 0 aromatic carbocycles. The SMILES string of the molecule is COC(=O)CN(C(C)=O)C1CCNCC1.Cl. The first-order valence-corrected chi connectivity index (χ1v) is 5.20. The Kier molecular flexibility index (Phi) is 7.08. The highest BCUT2D eigenvalue weighted by atomic mass is 35.5. The van der Waals surface area contributed by atoms with Crippen molar-refractivity contribution < 1.29 is 14.3 Å². The lowest BCUT2D eigenvalue weighted by Gasteiger charge is -2.33. The Bertz CT molecular complexity index is 242. The second-order valence-electron chi connectivity index (χ2n) is 3.70. The van der Waals surface area contributed by atoms with E-state index in [4.69, 9.17) is 0 Å². The lowest BCUT2D eigenvalue weighted by Crippen LogP contribution is -2.47. The Labute approximate surface area is 102 Å². The summed E-state index contributed by atoms with van der Waals surface area (Å²) in [6.07, 6.45) is 1.80. The first kappa shape index (κ1) is 15.2. The zero-order chi connectivity index (χ0) is 11.3. The number of ether oxygens (including phenoxy) is 1. The number of nitrogens with zero attached hydrogens (tertiary/aromatic N) is 1. The summed E-state index contributed by atoms with van der Waals surface area (Å²) in [5.41, 5.74) is 0. The molecule has 0 aliphatic carbocycles. The fourth-order valence-electron chi connectivity index (χ4n) is 1.82. The Morgan fingerprint density at radius 2 is 1.94 bits per heavy atom. The number of rotatable bonds is 3. The quantitative estimate of drug-likeness (QED) is 0.726. The number of piperidine rings is 1. The van der Waals surface area contributed by atoms with Crippen LogP contribution in [0.15, 0.2) is 0 Å². The first-order chi connectivity index (χ1) is 7.15. The fraction of sp³-hybridized carbons (Fsp3) is 0.800. The zero-order valence-corrected chi connectivity index (χ0v) is 10.5. The van der Waals surface area contributed by atoms with Crippen molar-refractivity contribution >= 4 is 24.3 Å². The largest absolute Gasteiger partial charge is 0.468 e. The summed E-state index contributed by atoms with van der Waals surface area (Å²) in [6, 6.07) is 0.169. The lowest BCUT2D eigenvalue weighted by atomic mass is 10.0. The molecule has 0 atom stereocenters. The molecule has 1 rings (SSSR count). The second-order valence-corrected chi connectivity index (χ2v) is 3.70. The molecule has 1 fully saturated rings. The molecule has 0 aromatic heterocycles. The molecule has 0 saturated carbocycles. The van der Waals surface area contributed by atoms with Crippen molar-refractivity contribution in [2.45, 2.75) is 25.8 Å². The minimum absolute atomic E-state index is 0. The maximum atomic E-state index is 11.4. The number of halogens is 1. The van der Waals surface area contributed by atoms with Crippen molar-refractivity contribution in [3.8, 4) is 0 Å². The van der Waals surface area contributed by atoms with E-state index < -0.39 is 0 Å². The van der Waals surface area contributed by atoms with E-state index in [-0.39, 0.29) is 36.9 Å². The number of esters is 1. The van der Waals surface area contributed by atoms with Gasteiger partial charge in [0, 0.05) is 13.0 Å². The van der Waals surface area contributed by atoms with Gasteiger partial charge in [-0.2, -0.15) is 0 Å². The molecule has 5 nitrogen and oxygen atoms in total. The molecule has 0 aromatic rings. The van der Waals surface area contributed by atoms with Crippen LogP contribution >= 0.6 is 12.4 Å². The molecule has 0 radical (unpaired) electrons. The minimum atomic E-state index is -0.358. The maximum Gasteiger partial charge on any atom is 0.325 e. The average Bonchev–Trinajstić information content (AvgIpc) is 2.26. The molecule has 1 saturated heterocycles. The van der Waals surface area contributed by atoms with Crippen LogP contribution < -0.4 is 5.32 Å². The van der Waals surface area contributed by atoms with E-state index in [0.717, 1.165) is 25.9 Å². The van der Waals surface area contributed by atoms with Crippen molar-refractivity contribution in [2.24, 2.45) is 0 Å². The highest BCUT2D eigenvalue weighted by Gasteiger charge is 2.24. The number of carbonyl (C=O) groups excluding carboxylic acids is 2. The molecule has 1 amide bonds. The van der Waals surface area contributed by atoms with Gasteiger partial charge in [-0.15, -0.1) is 12.4 Å². The number of methoxy groups -OCH3 is 1. The molecule has 16 heavy (non-hydrogen) atoms. The molecule has 94 valence electrons. The van der Waals surface area contributed by atoms with Gasteiger partial charge in [0.25, 0.3) is 0 Å². The number of nitrogens with one attached hydrogen (secondary N) is 1. The van der Waals surface area contributed by atoms with Gasteiger partial charge < -0.3 is 15.0 Å². The summed E-state index contributed by atoms with van der Waals surface area (Å²) in [4.78, 5) is 24.1. The van der Waals surface area contributed by atoms with E-state index in [0.29, 0.717) is 0 Å². The number of hydrogen-bond acceptors (Lipinski definition) is 4. The van der Waals surface area contributed by atoms with Crippen LogP contribution in [-0.2, 0) is 14.3 Å². The van der Waals surface area contributed by atoms with Crippen LogP contribution in [0.25, 0.3) is 0 Å². The fourth-order valence-corrected chi connectivity index (χ4v) is 1.82. The molecular weight excluding hydrogens is 232 g/mol. The Morgan fingerprint density at radius 3 is 2.38 bits per heavy atom. The number of carbonyl (C=O) groups is 2. The third kappa shape index (κ3) is 4.37. The summed E-state index contributed by atoms with van der Waals surface area (Å²) >= 11 is 0. The number of amides is 1. The van der Waals surface area contributed by atoms with E-state index in [1.54, 1.807) is 4.90 Å². The van der Waals surface area contributed by atoms with Crippen molar-refractivity contribution in [3.63, 3.8) is 0 Å². The highest BCUT2D eigenvalue weighted by molar-refractivity contribution is 5.85. The van der Waals surface area contributed by atoms with Crippen LogP contribution in [0, 0.1) is 0 Å². The van der Waals surface area contributed by atoms with Crippen molar-refractivity contribution in [1.29, 1.82) is 0 Å². The van der Waals surface area contributed by atoms with Gasteiger partial charge in [0.15, 0.2) is 0 Å². The Hall–Kier alpha value is -0.810. The second kappa shape index (κ2) is 7.46. The zero-order valence-electron chi connectivity index (χ0n) is 9.69. The Balaban J connectivity index is 0.00000225. The van der Waals surface area contributed by atoms with E-state index in [9.17, 15) is 9.59 Å². The molecule has 1 aliphatic rings. The van der Waals surface area contributed by atoms with Gasteiger partial charge >= 0.3 is 5.97 Å². The third-order valence-corrected chi connectivity index (χ3v) is 2.68. The van der Waals surface area contributed by atoms with Crippen molar-refractivity contribution in [3.05, 3.63) is 0 Å². The summed E-state index contributed by atoms with van der Waals surface area (Å²) in [5.74, 6) is -0.420. The number of hydrogen-bond donors (Lipinski definition) is 1. The van der Waals surface area contributed by atoms with Crippen LogP contribution in [-0.4, -0.2) is 49.6 Å². The topological polar surface area (TPSA) is 58.6 Å². The molecule has 0 spiro atoms. The van der Waals surface area contributed by atoms with Crippen LogP contribution in [0.1, 0.15) is 19.8 Å². The van der Waals surface area contributed by atoms with E-state index in [1.807, 2.05) is 0 Å². The molecule has 0 unspecified atom stereocenters. The van der Waals surface area contributed by atoms with Gasteiger partial charge in [-0.25, -0.2) is 0 Å². The molecule has 0 bridgehead atoms. The monoisotopic (exact) mass is 250 g/mol. The molecule has 1 aliphatic heterocycles. The predicted molar refractivity (Wildman–Crippen MR) is 62.5 cm³/mol. The van der Waals surface area contributed by atoms with E-state index >= 15 is 0 Å². The van der Waals surface area contributed by atoms with Gasteiger partial charge in [-0.05, 0) is 25.9 Å². The van der Waals surface area contributed by atoms with Crippen molar-refractivity contribution in [2.75, 3.05) is 26.7 Å². The molecular formula is C10H19ClN2O3. The summed E-state index contributed by atoms with van der Waals surface area (Å²) in [7, 11) is 1.34. The smallest absolute Gasteiger partial charge is 0.325 e. The van der Waals surface area contributed by atoms with Crippen LogP contribution in [0.3, 0.4) is 0 Å². The molecule has 1 N–H and O–H groups in total. The van der Waals surface area contributed by atoms with Gasteiger partial charge in [0.1, 0.15) is 6.54 Å². The van der Waals surface area contributed by atoms with Gasteiger partial charge in [0.05, 0.1) is 7.11 Å². The molecule has 6 heteroatoms. The third-order valence-electron chi connectivity index (χ3n) is 2.68. The lowest BCUT2D eigenvalue weighted by molar-refractivity contribution is -0.148. The van der Waals surface area contributed by atoms with Crippen LogP contribution in [0.4, 0.5) is 0 Å². The van der Waals surface area contributed by atoms with Crippen molar-refractivity contribution in [1.82, 2.24) is 10.2 Å². The minimum Gasteiger partial charge on any atom is -0.468 e.